The Hall–Kier alpha value is -1.09. The van der Waals surface area contributed by atoms with E-state index in [9.17, 15) is 4.39 Å². The number of halogens is 1. The Morgan fingerprint density at radius 3 is 2.67 bits per heavy atom. The number of aromatic hydroxyl groups is 1. The van der Waals surface area contributed by atoms with Gasteiger partial charge in [0.2, 0.25) is 0 Å². The van der Waals surface area contributed by atoms with Gasteiger partial charge in [0.05, 0.1) is 0 Å². The maximum absolute atomic E-state index is 12.9. The molecule has 0 atom stereocenters. The summed E-state index contributed by atoms with van der Waals surface area (Å²) in [6, 6.07) is 2.61. The molecule has 0 aromatic heterocycles. The van der Waals surface area contributed by atoms with Crippen LogP contribution in [0.2, 0.25) is 0 Å². The molecule has 2 nitrogen and oxygen atoms in total. The second-order valence-corrected chi connectivity index (χ2v) is 2.70. The lowest BCUT2D eigenvalue weighted by Crippen LogP contribution is -1.95. The number of aliphatic hydroxyl groups excluding tert-OH is 1. The van der Waals surface area contributed by atoms with Crippen LogP contribution in [0.4, 0.5) is 4.39 Å². The molecular formula is C9H11FO2. The van der Waals surface area contributed by atoms with E-state index in [1.807, 2.05) is 0 Å². The van der Waals surface area contributed by atoms with Crippen molar-refractivity contribution in [2.45, 2.75) is 13.3 Å². The molecule has 12 heavy (non-hydrogen) atoms. The minimum absolute atomic E-state index is 0.0470. The quantitative estimate of drug-likeness (QED) is 0.703. The third-order valence-corrected chi connectivity index (χ3v) is 1.75. The zero-order chi connectivity index (χ0) is 9.14. The van der Waals surface area contributed by atoms with Gasteiger partial charge in [-0.2, -0.15) is 0 Å². The van der Waals surface area contributed by atoms with E-state index < -0.39 is 5.82 Å². The van der Waals surface area contributed by atoms with E-state index in [-0.39, 0.29) is 18.8 Å². The Labute approximate surface area is 70.3 Å². The van der Waals surface area contributed by atoms with Gasteiger partial charge >= 0.3 is 0 Å². The maximum Gasteiger partial charge on any atom is 0.130 e. The van der Waals surface area contributed by atoms with Crippen LogP contribution < -0.4 is 0 Å². The lowest BCUT2D eigenvalue weighted by molar-refractivity contribution is 0.297. The fraction of sp³-hybridized carbons (Fsp3) is 0.333. The van der Waals surface area contributed by atoms with Crippen molar-refractivity contribution in [2.75, 3.05) is 6.61 Å². The average molecular weight is 170 g/mol. The van der Waals surface area contributed by atoms with Crippen LogP contribution in [-0.2, 0) is 6.42 Å². The van der Waals surface area contributed by atoms with Gasteiger partial charge < -0.3 is 10.2 Å². The Kier molecular flexibility index (Phi) is 2.65. The molecule has 0 spiro atoms. The third kappa shape index (κ3) is 1.74. The molecule has 0 bridgehead atoms. The molecule has 2 N–H and O–H groups in total. The fourth-order valence-corrected chi connectivity index (χ4v) is 1.04. The number of phenolic OH excluding ortho intramolecular Hbond substituents is 1. The largest absolute Gasteiger partial charge is 0.508 e. The van der Waals surface area contributed by atoms with Crippen molar-refractivity contribution in [3.63, 3.8) is 0 Å². The third-order valence-electron chi connectivity index (χ3n) is 1.75. The molecule has 0 heterocycles. The fourth-order valence-electron chi connectivity index (χ4n) is 1.04. The van der Waals surface area contributed by atoms with Crippen LogP contribution in [0, 0.1) is 12.7 Å². The molecule has 0 radical (unpaired) electrons. The van der Waals surface area contributed by atoms with E-state index in [4.69, 9.17) is 10.2 Å². The van der Waals surface area contributed by atoms with E-state index in [0.29, 0.717) is 11.1 Å². The number of rotatable bonds is 2. The van der Waals surface area contributed by atoms with Gasteiger partial charge in [-0.3, -0.25) is 0 Å². The summed E-state index contributed by atoms with van der Waals surface area (Å²) in [7, 11) is 0. The molecule has 0 fully saturated rings. The summed E-state index contributed by atoms with van der Waals surface area (Å²) in [5.41, 5.74) is 1.06. The van der Waals surface area contributed by atoms with Crippen LogP contribution >= 0.6 is 0 Å². The van der Waals surface area contributed by atoms with E-state index in [1.54, 1.807) is 13.0 Å². The number of hydrogen-bond acceptors (Lipinski definition) is 2. The smallest absolute Gasteiger partial charge is 0.130 e. The predicted octanol–water partition coefficient (Wildman–Crippen LogP) is 1.37. The van der Waals surface area contributed by atoms with Crippen molar-refractivity contribution in [1.82, 2.24) is 0 Å². The van der Waals surface area contributed by atoms with Crippen LogP contribution in [0.5, 0.6) is 5.75 Å². The number of aryl methyl sites for hydroxylation is 1. The molecule has 0 saturated carbocycles. The second kappa shape index (κ2) is 3.54. The lowest BCUT2D eigenvalue weighted by atomic mass is 10.1. The summed E-state index contributed by atoms with van der Waals surface area (Å²) >= 11 is 0. The van der Waals surface area contributed by atoms with Gasteiger partial charge in [-0.15, -0.1) is 0 Å². The average Bonchev–Trinajstić information content (AvgIpc) is 2.01. The normalized spacial score (nSPS) is 10.2. The Morgan fingerprint density at radius 2 is 2.08 bits per heavy atom. The van der Waals surface area contributed by atoms with Crippen LogP contribution in [-0.4, -0.2) is 16.8 Å². The van der Waals surface area contributed by atoms with Crippen LogP contribution in [0.25, 0.3) is 0 Å². The summed E-state index contributed by atoms with van der Waals surface area (Å²) in [5, 5.41) is 17.7. The Balaban J connectivity index is 3.05. The van der Waals surface area contributed by atoms with Gasteiger partial charge in [0.15, 0.2) is 0 Å². The molecule has 0 aliphatic rings. The highest BCUT2D eigenvalue weighted by molar-refractivity contribution is 5.36. The van der Waals surface area contributed by atoms with E-state index in [1.165, 1.54) is 0 Å². The van der Waals surface area contributed by atoms with Gasteiger partial charge in [-0.25, -0.2) is 4.39 Å². The summed E-state index contributed by atoms with van der Waals surface area (Å²) in [6.07, 6.45) is 0.285. The molecule has 3 heteroatoms. The van der Waals surface area contributed by atoms with E-state index >= 15 is 0 Å². The zero-order valence-corrected chi connectivity index (χ0v) is 6.84. The first-order valence-electron chi connectivity index (χ1n) is 3.74. The lowest BCUT2D eigenvalue weighted by Gasteiger charge is -2.04. The van der Waals surface area contributed by atoms with Crippen molar-refractivity contribution in [3.05, 3.63) is 29.1 Å². The molecule has 0 saturated heterocycles. The van der Waals surface area contributed by atoms with Gasteiger partial charge in [-0.05, 0) is 30.5 Å². The summed E-state index contributed by atoms with van der Waals surface area (Å²) < 4.78 is 12.9. The number of hydrogen-bond donors (Lipinski definition) is 2. The zero-order valence-electron chi connectivity index (χ0n) is 6.84. The molecule has 0 aliphatic carbocycles. The van der Waals surface area contributed by atoms with Gasteiger partial charge in [0.1, 0.15) is 11.6 Å². The summed E-state index contributed by atoms with van der Waals surface area (Å²) in [4.78, 5) is 0. The molecule has 1 rings (SSSR count). The molecular weight excluding hydrogens is 159 g/mol. The molecule has 66 valence electrons. The van der Waals surface area contributed by atoms with Gasteiger partial charge in [-0.1, -0.05) is 0 Å². The van der Waals surface area contributed by atoms with Crippen molar-refractivity contribution in [3.8, 4) is 5.75 Å². The van der Waals surface area contributed by atoms with Crippen molar-refractivity contribution in [1.29, 1.82) is 0 Å². The molecule has 1 aromatic carbocycles. The SMILES string of the molecule is Cc1cc(CCO)c(F)cc1O. The first kappa shape index (κ1) is 9.00. The van der Waals surface area contributed by atoms with Crippen molar-refractivity contribution < 1.29 is 14.6 Å². The van der Waals surface area contributed by atoms with Crippen LogP contribution in [0.15, 0.2) is 12.1 Å². The first-order chi connectivity index (χ1) is 5.65. The topological polar surface area (TPSA) is 40.5 Å². The molecule has 0 aliphatic heterocycles. The standard InChI is InChI=1S/C9H11FO2/c1-6-4-7(2-3-11)8(10)5-9(6)12/h4-5,11-12H,2-3H2,1H3. The molecule has 1 aromatic rings. The number of aliphatic hydroxyl groups is 1. The Bertz CT molecular complexity index is 284. The maximum atomic E-state index is 12.9. The highest BCUT2D eigenvalue weighted by atomic mass is 19.1. The highest BCUT2D eigenvalue weighted by Crippen LogP contribution is 2.20. The first-order valence-corrected chi connectivity index (χ1v) is 3.74. The summed E-state index contributed by atoms with van der Waals surface area (Å²) in [5.74, 6) is -0.513. The predicted molar refractivity (Wildman–Crippen MR) is 43.6 cm³/mol. The monoisotopic (exact) mass is 170 g/mol. The van der Waals surface area contributed by atoms with Crippen molar-refractivity contribution >= 4 is 0 Å². The van der Waals surface area contributed by atoms with Gasteiger partial charge in [0, 0.05) is 12.7 Å². The van der Waals surface area contributed by atoms with E-state index in [0.717, 1.165) is 6.07 Å². The van der Waals surface area contributed by atoms with Gasteiger partial charge in [0.25, 0.3) is 0 Å². The Morgan fingerprint density at radius 1 is 1.42 bits per heavy atom. The highest BCUT2D eigenvalue weighted by Gasteiger charge is 2.05. The summed E-state index contributed by atoms with van der Waals surface area (Å²) in [6.45, 7) is 1.61. The molecule has 0 unspecified atom stereocenters. The van der Waals surface area contributed by atoms with Crippen LogP contribution in [0.1, 0.15) is 11.1 Å². The number of benzene rings is 1. The second-order valence-electron chi connectivity index (χ2n) is 2.70. The van der Waals surface area contributed by atoms with Crippen LogP contribution in [0.3, 0.4) is 0 Å². The minimum Gasteiger partial charge on any atom is -0.508 e. The number of phenols is 1. The van der Waals surface area contributed by atoms with E-state index in [2.05, 4.69) is 0 Å². The molecule has 0 amide bonds. The minimum atomic E-state index is -0.466. The van der Waals surface area contributed by atoms with Crippen molar-refractivity contribution in [2.24, 2.45) is 0 Å².